The lowest BCUT2D eigenvalue weighted by atomic mass is 9.91. The molecule has 1 rings (SSSR count). The van der Waals surface area contributed by atoms with E-state index in [0.29, 0.717) is 5.78 Å². The molecule has 1 nitrogen and oxygen atoms in total. The first-order valence-corrected chi connectivity index (χ1v) is 5.50. The van der Waals surface area contributed by atoms with Crippen LogP contribution in [-0.4, -0.2) is 5.78 Å². The Kier molecular flexibility index (Phi) is 4.81. The molecular weight excluding hydrogens is 160 g/mol. The fourth-order valence-corrected chi connectivity index (χ4v) is 1.97. The molecule has 1 fully saturated rings. The van der Waals surface area contributed by atoms with E-state index >= 15 is 0 Å². The number of carbonyl (C=O) groups is 1. The zero-order chi connectivity index (χ0) is 9.52. The summed E-state index contributed by atoms with van der Waals surface area (Å²) in [5.74, 6) is 0.565. The SMILES string of the molecule is C=CC1CCCCCCCCC1=O. The summed E-state index contributed by atoms with van der Waals surface area (Å²) in [6.07, 6.45) is 11.1. The molecule has 0 radical (unpaired) electrons. The molecule has 13 heavy (non-hydrogen) atoms. The molecule has 1 aliphatic rings. The van der Waals surface area contributed by atoms with Gasteiger partial charge >= 0.3 is 0 Å². The molecule has 0 aromatic heterocycles. The number of hydrogen-bond acceptors (Lipinski definition) is 1. The van der Waals surface area contributed by atoms with Crippen LogP contribution in [-0.2, 0) is 4.79 Å². The van der Waals surface area contributed by atoms with Crippen molar-refractivity contribution >= 4 is 5.78 Å². The highest BCUT2D eigenvalue weighted by atomic mass is 16.1. The molecule has 1 unspecified atom stereocenters. The van der Waals surface area contributed by atoms with Crippen LogP contribution in [0.2, 0.25) is 0 Å². The van der Waals surface area contributed by atoms with Crippen molar-refractivity contribution in [3.05, 3.63) is 12.7 Å². The van der Waals surface area contributed by atoms with Crippen LogP contribution in [0.4, 0.5) is 0 Å². The highest BCUT2D eigenvalue weighted by Crippen LogP contribution is 2.19. The van der Waals surface area contributed by atoms with E-state index in [9.17, 15) is 4.79 Å². The summed E-state index contributed by atoms with van der Waals surface area (Å²) in [6, 6.07) is 0. The Morgan fingerprint density at radius 3 is 2.38 bits per heavy atom. The van der Waals surface area contributed by atoms with E-state index in [-0.39, 0.29) is 5.92 Å². The first kappa shape index (κ1) is 10.5. The predicted molar refractivity (Wildman–Crippen MR) is 55.6 cm³/mol. The first-order chi connectivity index (χ1) is 6.34. The van der Waals surface area contributed by atoms with E-state index in [1.54, 1.807) is 0 Å². The quantitative estimate of drug-likeness (QED) is 0.564. The fraction of sp³-hybridized carbons (Fsp3) is 0.750. The number of ketones is 1. The molecule has 0 aromatic rings. The van der Waals surface area contributed by atoms with E-state index in [4.69, 9.17) is 0 Å². The van der Waals surface area contributed by atoms with E-state index in [2.05, 4.69) is 6.58 Å². The summed E-state index contributed by atoms with van der Waals surface area (Å²) in [5.41, 5.74) is 0. The Morgan fingerprint density at radius 1 is 1.08 bits per heavy atom. The van der Waals surface area contributed by atoms with Gasteiger partial charge in [0.05, 0.1) is 0 Å². The summed E-state index contributed by atoms with van der Waals surface area (Å²) < 4.78 is 0. The van der Waals surface area contributed by atoms with Crippen molar-refractivity contribution in [2.75, 3.05) is 0 Å². The third-order valence-electron chi connectivity index (χ3n) is 2.89. The standard InChI is InChI=1S/C12H20O/c1-2-11-9-7-5-3-4-6-8-10-12(11)13/h2,11H,1,3-10H2. The van der Waals surface area contributed by atoms with Gasteiger partial charge in [-0.25, -0.2) is 0 Å². The van der Waals surface area contributed by atoms with Crippen LogP contribution in [0, 0.1) is 5.92 Å². The minimum atomic E-state index is 0.151. The molecule has 0 bridgehead atoms. The Hall–Kier alpha value is -0.590. The second kappa shape index (κ2) is 5.95. The molecule has 1 heteroatoms. The van der Waals surface area contributed by atoms with Crippen LogP contribution in [0.25, 0.3) is 0 Å². The zero-order valence-electron chi connectivity index (χ0n) is 8.43. The van der Waals surface area contributed by atoms with Gasteiger partial charge in [-0.2, -0.15) is 0 Å². The van der Waals surface area contributed by atoms with Gasteiger partial charge in [-0.15, -0.1) is 6.58 Å². The lowest BCUT2D eigenvalue weighted by Crippen LogP contribution is -2.12. The van der Waals surface area contributed by atoms with Gasteiger partial charge in [-0.05, 0) is 12.8 Å². The normalized spacial score (nSPS) is 26.8. The smallest absolute Gasteiger partial charge is 0.139 e. The molecule has 0 amide bonds. The number of allylic oxidation sites excluding steroid dienone is 1. The zero-order valence-corrected chi connectivity index (χ0v) is 8.43. The number of Topliss-reactive ketones (excluding diaryl/α,β-unsaturated/α-hetero) is 1. The van der Waals surface area contributed by atoms with Crippen LogP contribution in [0.5, 0.6) is 0 Å². The van der Waals surface area contributed by atoms with Gasteiger partial charge in [0.25, 0.3) is 0 Å². The summed E-state index contributed by atoms with van der Waals surface area (Å²) in [7, 11) is 0. The molecular formula is C12H20O. The van der Waals surface area contributed by atoms with Crippen molar-refractivity contribution in [2.45, 2.75) is 51.4 Å². The lowest BCUT2D eigenvalue weighted by Gasteiger charge is -2.13. The molecule has 0 aromatic carbocycles. The second-order valence-corrected chi connectivity index (χ2v) is 3.97. The van der Waals surface area contributed by atoms with Crippen molar-refractivity contribution in [3.8, 4) is 0 Å². The maximum atomic E-state index is 11.6. The maximum absolute atomic E-state index is 11.6. The Balaban J connectivity index is 2.41. The number of rotatable bonds is 1. The van der Waals surface area contributed by atoms with Crippen molar-refractivity contribution in [1.82, 2.24) is 0 Å². The summed E-state index contributed by atoms with van der Waals surface area (Å²) in [5, 5.41) is 0. The van der Waals surface area contributed by atoms with Gasteiger partial charge in [0.1, 0.15) is 5.78 Å². The van der Waals surface area contributed by atoms with Crippen molar-refractivity contribution in [2.24, 2.45) is 5.92 Å². The van der Waals surface area contributed by atoms with Crippen LogP contribution in [0.1, 0.15) is 51.4 Å². The third-order valence-corrected chi connectivity index (χ3v) is 2.89. The molecule has 1 saturated carbocycles. The van der Waals surface area contributed by atoms with Gasteiger partial charge in [-0.1, -0.05) is 38.2 Å². The second-order valence-electron chi connectivity index (χ2n) is 3.97. The molecule has 74 valence electrons. The Labute approximate surface area is 81.2 Å². The molecule has 1 atom stereocenters. The van der Waals surface area contributed by atoms with Crippen molar-refractivity contribution in [1.29, 1.82) is 0 Å². The van der Waals surface area contributed by atoms with Gasteiger partial charge in [0.2, 0.25) is 0 Å². The molecule has 1 aliphatic carbocycles. The number of carbonyl (C=O) groups excluding carboxylic acids is 1. The van der Waals surface area contributed by atoms with Gasteiger partial charge < -0.3 is 0 Å². The van der Waals surface area contributed by atoms with E-state index < -0.39 is 0 Å². The van der Waals surface area contributed by atoms with E-state index in [1.807, 2.05) is 6.08 Å². The minimum absolute atomic E-state index is 0.151. The van der Waals surface area contributed by atoms with Crippen LogP contribution in [0.15, 0.2) is 12.7 Å². The summed E-state index contributed by atoms with van der Waals surface area (Å²) in [4.78, 5) is 11.6. The Morgan fingerprint density at radius 2 is 1.69 bits per heavy atom. The maximum Gasteiger partial charge on any atom is 0.139 e. The van der Waals surface area contributed by atoms with Crippen LogP contribution in [0.3, 0.4) is 0 Å². The Bertz CT molecular complexity index is 172. The summed E-state index contributed by atoms with van der Waals surface area (Å²) >= 11 is 0. The monoisotopic (exact) mass is 180 g/mol. The predicted octanol–water partition coefficient (Wildman–Crippen LogP) is 3.49. The largest absolute Gasteiger partial charge is 0.299 e. The summed E-state index contributed by atoms with van der Waals surface area (Å²) in [6.45, 7) is 3.74. The first-order valence-electron chi connectivity index (χ1n) is 5.50. The lowest BCUT2D eigenvalue weighted by molar-refractivity contribution is -0.121. The molecule has 0 heterocycles. The van der Waals surface area contributed by atoms with E-state index in [0.717, 1.165) is 19.3 Å². The average molecular weight is 180 g/mol. The highest BCUT2D eigenvalue weighted by Gasteiger charge is 2.14. The van der Waals surface area contributed by atoms with Crippen LogP contribution >= 0.6 is 0 Å². The van der Waals surface area contributed by atoms with E-state index in [1.165, 1.54) is 32.1 Å². The highest BCUT2D eigenvalue weighted by molar-refractivity contribution is 5.82. The van der Waals surface area contributed by atoms with Gasteiger partial charge in [0, 0.05) is 12.3 Å². The van der Waals surface area contributed by atoms with Gasteiger partial charge in [-0.3, -0.25) is 4.79 Å². The topological polar surface area (TPSA) is 17.1 Å². The molecule has 0 spiro atoms. The average Bonchev–Trinajstić information content (AvgIpc) is 2.16. The van der Waals surface area contributed by atoms with Crippen LogP contribution < -0.4 is 0 Å². The molecule has 0 aliphatic heterocycles. The third kappa shape index (κ3) is 3.75. The molecule has 0 N–H and O–H groups in total. The van der Waals surface area contributed by atoms with Gasteiger partial charge in [0.15, 0.2) is 0 Å². The van der Waals surface area contributed by atoms with Crippen molar-refractivity contribution < 1.29 is 4.79 Å². The minimum Gasteiger partial charge on any atom is -0.299 e. The van der Waals surface area contributed by atoms with Crippen molar-refractivity contribution in [3.63, 3.8) is 0 Å². The fourth-order valence-electron chi connectivity index (χ4n) is 1.97. The number of hydrogen-bond donors (Lipinski definition) is 0. The molecule has 0 saturated heterocycles.